The molecule has 4 N–H and O–H groups in total. The zero-order chi connectivity index (χ0) is 22.8. The van der Waals surface area contributed by atoms with Crippen LogP contribution in [0.25, 0.3) is 27.9 Å². The van der Waals surface area contributed by atoms with Crippen LogP contribution in [0.4, 0.5) is 20.3 Å². The first-order valence-corrected chi connectivity index (χ1v) is 9.76. The van der Waals surface area contributed by atoms with Crippen molar-refractivity contribution in [2.75, 3.05) is 11.9 Å². The molecule has 0 aliphatic rings. The standard InChI is InChI=1S/C23H19F2N5O2/c1-3-26-22(31)12(2)13-7-9-14(10-8-13)28-21-19-17(11-27-23(19)32)29-20(30-21)18-15(24)5-4-6-16(18)25/h4-11,27,32H,2-3H2,1H3,(H,26,31)(H,28,29,30). The monoisotopic (exact) mass is 435 g/mol. The second kappa shape index (κ2) is 8.46. The van der Waals surface area contributed by atoms with Crippen molar-refractivity contribution in [1.29, 1.82) is 0 Å². The van der Waals surface area contributed by atoms with Crippen molar-refractivity contribution >= 4 is 33.9 Å². The molecule has 0 fully saturated rings. The van der Waals surface area contributed by atoms with E-state index in [1.54, 1.807) is 24.3 Å². The third-order valence-corrected chi connectivity index (χ3v) is 4.81. The summed E-state index contributed by atoms with van der Waals surface area (Å²) < 4.78 is 28.6. The van der Waals surface area contributed by atoms with Crippen molar-refractivity contribution in [2.24, 2.45) is 0 Å². The Hall–Kier alpha value is -4.27. The van der Waals surface area contributed by atoms with Gasteiger partial charge < -0.3 is 20.7 Å². The predicted octanol–water partition coefficient (Wildman–Crippen LogP) is 4.50. The topological polar surface area (TPSA) is 103 Å². The van der Waals surface area contributed by atoms with Crippen molar-refractivity contribution in [1.82, 2.24) is 20.3 Å². The van der Waals surface area contributed by atoms with Crippen molar-refractivity contribution < 1.29 is 18.7 Å². The maximum Gasteiger partial charge on any atom is 0.251 e. The van der Waals surface area contributed by atoms with Crippen LogP contribution in [-0.2, 0) is 4.79 Å². The number of aromatic nitrogens is 3. The summed E-state index contributed by atoms with van der Waals surface area (Å²) in [4.78, 5) is 23.0. The fourth-order valence-electron chi connectivity index (χ4n) is 3.23. The number of aromatic amines is 1. The van der Waals surface area contributed by atoms with Gasteiger partial charge in [-0.05, 0) is 36.8 Å². The molecular weight excluding hydrogens is 416 g/mol. The number of H-pyrrole nitrogens is 1. The second-order valence-electron chi connectivity index (χ2n) is 6.93. The summed E-state index contributed by atoms with van der Waals surface area (Å²) in [6, 6.07) is 10.3. The molecule has 4 rings (SSSR count). The number of halogens is 2. The number of nitrogens with zero attached hydrogens (tertiary/aromatic N) is 2. The molecule has 9 heteroatoms. The van der Waals surface area contributed by atoms with E-state index < -0.39 is 11.6 Å². The number of nitrogens with one attached hydrogen (secondary N) is 3. The van der Waals surface area contributed by atoms with Crippen LogP contribution >= 0.6 is 0 Å². The van der Waals surface area contributed by atoms with E-state index in [9.17, 15) is 18.7 Å². The van der Waals surface area contributed by atoms with Crippen molar-refractivity contribution in [3.8, 4) is 17.3 Å². The first-order chi connectivity index (χ1) is 15.4. The van der Waals surface area contributed by atoms with Gasteiger partial charge in [0.2, 0.25) is 5.88 Å². The molecule has 7 nitrogen and oxygen atoms in total. The first kappa shape index (κ1) is 21.0. The van der Waals surface area contributed by atoms with Crippen molar-refractivity contribution in [3.05, 3.63) is 72.4 Å². The predicted molar refractivity (Wildman–Crippen MR) is 118 cm³/mol. The van der Waals surface area contributed by atoms with Gasteiger partial charge in [-0.1, -0.05) is 24.8 Å². The smallest absolute Gasteiger partial charge is 0.251 e. The molecular formula is C23H19F2N5O2. The van der Waals surface area contributed by atoms with Crippen LogP contribution in [0.5, 0.6) is 5.88 Å². The lowest BCUT2D eigenvalue weighted by atomic mass is 10.1. The highest BCUT2D eigenvalue weighted by Gasteiger charge is 2.19. The molecule has 0 unspecified atom stereocenters. The number of hydrogen-bond donors (Lipinski definition) is 4. The Kier molecular flexibility index (Phi) is 5.55. The Morgan fingerprint density at radius 3 is 2.47 bits per heavy atom. The second-order valence-corrected chi connectivity index (χ2v) is 6.93. The molecule has 162 valence electrons. The SMILES string of the molecule is C=C(C(=O)NCC)c1ccc(Nc2nc(-c3c(F)cccc3F)nc3c[nH]c(O)c23)cc1. The normalized spacial score (nSPS) is 10.8. The maximum absolute atomic E-state index is 14.3. The number of rotatable bonds is 6. The Balaban J connectivity index is 1.72. The van der Waals surface area contributed by atoms with Crippen LogP contribution in [-0.4, -0.2) is 32.5 Å². The molecule has 2 aromatic carbocycles. The minimum absolute atomic E-state index is 0.154. The lowest BCUT2D eigenvalue weighted by molar-refractivity contribution is -0.115. The van der Waals surface area contributed by atoms with Gasteiger partial charge in [-0.3, -0.25) is 4.79 Å². The minimum Gasteiger partial charge on any atom is -0.494 e. The third-order valence-electron chi connectivity index (χ3n) is 4.81. The van der Waals surface area contributed by atoms with Gasteiger partial charge in [0.15, 0.2) is 5.82 Å². The molecule has 4 aromatic rings. The van der Waals surface area contributed by atoms with Gasteiger partial charge >= 0.3 is 0 Å². The van der Waals surface area contributed by atoms with Crippen LogP contribution in [0.2, 0.25) is 0 Å². The summed E-state index contributed by atoms with van der Waals surface area (Å²) in [5, 5.41) is 16.2. The highest BCUT2D eigenvalue weighted by Crippen LogP contribution is 2.34. The Morgan fingerprint density at radius 1 is 1.12 bits per heavy atom. The number of aromatic hydroxyl groups is 1. The Bertz CT molecular complexity index is 1310. The summed E-state index contributed by atoms with van der Waals surface area (Å²) in [6.07, 6.45) is 1.42. The van der Waals surface area contributed by atoms with Crippen LogP contribution in [0.3, 0.4) is 0 Å². The first-order valence-electron chi connectivity index (χ1n) is 9.76. The van der Waals surface area contributed by atoms with Crippen LogP contribution < -0.4 is 10.6 Å². The summed E-state index contributed by atoms with van der Waals surface area (Å²) in [5.74, 6) is -2.08. The zero-order valence-electron chi connectivity index (χ0n) is 17.0. The van der Waals surface area contributed by atoms with Crippen LogP contribution in [0.15, 0.2) is 55.2 Å². The van der Waals surface area contributed by atoms with Crippen molar-refractivity contribution in [3.63, 3.8) is 0 Å². The van der Waals surface area contributed by atoms with Gasteiger partial charge in [0.25, 0.3) is 5.91 Å². The van der Waals surface area contributed by atoms with Crippen LogP contribution in [0.1, 0.15) is 12.5 Å². The van der Waals surface area contributed by atoms with Crippen molar-refractivity contribution in [2.45, 2.75) is 6.92 Å². The number of likely N-dealkylation sites (N-methyl/N-ethyl adjacent to an activating group) is 1. The van der Waals surface area contributed by atoms with E-state index in [-0.39, 0.29) is 39.9 Å². The molecule has 0 aliphatic carbocycles. The highest BCUT2D eigenvalue weighted by molar-refractivity contribution is 6.18. The average molecular weight is 435 g/mol. The fraction of sp³-hybridized carbons (Fsp3) is 0.0870. The van der Waals surface area contributed by atoms with Gasteiger partial charge in [0, 0.05) is 24.0 Å². The zero-order valence-corrected chi connectivity index (χ0v) is 17.0. The van der Waals surface area contributed by atoms with Gasteiger partial charge in [-0.2, -0.15) is 0 Å². The largest absolute Gasteiger partial charge is 0.494 e. The highest BCUT2D eigenvalue weighted by atomic mass is 19.1. The lowest BCUT2D eigenvalue weighted by Gasteiger charge is -2.11. The van der Waals surface area contributed by atoms with E-state index in [0.29, 0.717) is 23.4 Å². The molecule has 0 atom stereocenters. The summed E-state index contributed by atoms with van der Waals surface area (Å²) in [7, 11) is 0. The number of amides is 1. The molecule has 0 spiro atoms. The van der Waals surface area contributed by atoms with Crippen LogP contribution in [0, 0.1) is 11.6 Å². The van der Waals surface area contributed by atoms with E-state index >= 15 is 0 Å². The molecule has 2 aromatic heterocycles. The summed E-state index contributed by atoms with van der Waals surface area (Å²) in [5.41, 5.74) is 1.43. The van der Waals surface area contributed by atoms with Gasteiger partial charge in [0.1, 0.15) is 22.8 Å². The quantitative estimate of drug-likeness (QED) is 0.334. The number of benzene rings is 2. The Morgan fingerprint density at radius 2 is 1.81 bits per heavy atom. The number of carbonyl (C=O) groups is 1. The van der Waals surface area contributed by atoms with E-state index in [4.69, 9.17) is 0 Å². The maximum atomic E-state index is 14.3. The number of carbonyl (C=O) groups excluding carboxylic acids is 1. The van der Waals surface area contributed by atoms with Gasteiger partial charge in [-0.25, -0.2) is 18.7 Å². The summed E-state index contributed by atoms with van der Waals surface area (Å²) in [6.45, 7) is 6.11. The summed E-state index contributed by atoms with van der Waals surface area (Å²) >= 11 is 0. The van der Waals surface area contributed by atoms with E-state index in [2.05, 4.69) is 32.2 Å². The minimum atomic E-state index is -0.803. The lowest BCUT2D eigenvalue weighted by Crippen LogP contribution is -2.23. The molecule has 1 amide bonds. The molecule has 2 heterocycles. The molecule has 0 aliphatic heterocycles. The average Bonchev–Trinajstić information content (AvgIpc) is 3.15. The fourth-order valence-corrected chi connectivity index (χ4v) is 3.23. The van der Waals surface area contributed by atoms with Gasteiger partial charge in [0.05, 0.1) is 11.1 Å². The molecule has 0 bridgehead atoms. The van der Waals surface area contributed by atoms with Gasteiger partial charge in [-0.15, -0.1) is 0 Å². The van der Waals surface area contributed by atoms with E-state index in [1.165, 1.54) is 12.3 Å². The number of anilines is 2. The molecule has 0 radical (unpaired) electrons. The third kappa shape index (κ3) is 3.87. The van der Waals surface area contributed by atoms with E-state index in [0.717, 1.165) is 12.1 Å². The number of hydrogen-bond acceptors (Lipinski definition) is 5. The number of fused-ring (bicyclic) bond motifs is 1. The molecule has 32 heavy (non-hydrogen) atoms. The molecule has 0 saturated heterocycles. The van der Waals surface area contributed by atoms with E-state index in [1.807, 2.05) is 6.92 Å². The Labute approximate surface area is 181 Å². The molecule has 0 saturated carbocycles.